The smallest absolute Gasteiger partial charge is 0.273 e. The topological polar surface area (TPSA) is 141 Å². The van der Waals surface area contributed by atoms with Crippen LogP contribution in [0.25, 0.3) is 10.1 Å². The third-order valence-electron chi connectivity index (χ3n) is 4.35. The monoisotopic (exact) mass is 385 g/mol. The minimum absolute atomic E-state index is 0.0257. The van der Waals surface area contributed by atoms with Crippen LogP contribution >= 0.6 is 11.3 Å². The van der Waals surface area contributed by atoms with Gasteiger partial charge in [-0.25, -0.2) is 0 Å². The Labute approximate surface area is 159 Å². The summed E-state index contributed by atoms with van der Waals surface area (Å²) in [4.78, 5) is 16.1. The van der Waals surface area contributed by atoms with E-state index in [9.17, 15) is 4.79 Å². The van der Waals surface area contributed by atoms with Crippen LogP contribution in [0.3, 0.4) is 0 Å². The van der Waals surface area contributed by atoms with Gasteiger partial charge in [-0.1, -0.05) is 0 Å². The summed E-state index contributed by atoms with van der Waals surface area (Å²) in [5.41, 5.74) is 12.2. The number of thiophene rings is 1. The number of nitrogens with two attached hydrogens (primary N) is 2. The summed E-state index contributed by atoms with van der Waals surface area (Å²) in [6, 6.07) is 7.71. The summed E-state index contributed by atoms with van der Waals surface area (Å²) >= 11 is 1.66. The second-order valence-electron chi connectivity index (χ2n) is 6.27. The third kappa shape index (κ3) is 3.82. The van der Waals surface area contributed by atoms with E-state index in [4.69, 9.17) is 16.2 Å². The number of fused-ring (bicyclic) bond motifs is 1. The molecule has 1 saturated heterocycles. The van der Waals surface area contributed by atoms with E-state index in [-0.39, 0.29) is 29.5 Å². The molecule has 4 rings (SSSR count). The van der Waals surface area contributed by atoms with Gasteiger partial charge >= 0.3 is 0 Å². The highest BCUT2D eigenvalue weighted by atomic mass is 32.1. The molecule has 9 nitrogen and oxygen atoms in total. The molecule has 3 aromatic rings. The Kier molecular flexibility index (Phi) is 4.84. The van der Waals surface area contributed by atoms with Gasteiger partial charge in [0.15, 0.2) is 11.5 Å². The molecular formula is C17H19N7O2S. The molecule has 1 aliphatic rings. The lowest BCUT2D eigenvalue weighted by atomic mass is 10.1. The number of hydrogen-bond donors (Lipinski definition) is 4. The van der Waals surface area contributed by atoms with Gasteiger partial charge in [0.25, 0.3) is 5.91 Å². The predicted octanol–water partition coefficient (Wildman–Crippen LogP) is 1.46. The van der Waals surface area contributed by atoms with E-state index in [2.05, 4.69) is 25.8 Å². The molecule has 6 N–H and O–H groups in total. The minimum atomic E-state index is -0.705. The zero-order chi connectivity index (χ0) is 18.8. The number of ether oxygens (including phenoxy) is 1. The summed E-state index contributed by atoms with van der Waals surface area (Å²) in [7, 11) is 0. The molecule has 1 aliphatic heterocycles. The minimum Gasteiger partial charge on any atom is -0.380 e. The molecule has 10 heteroatoms. The van der Waals surface area contributed by atoms with Crippen LogP contribution in [0.15, 0.2) is 29.6 Å². The third-order valence-corrected chi connectivity index (χ3v) is 5.25. The van der Waals surface area contributed by atoms with Crippen molar-refractivity contribution in [3.05, 3.63) is 35.3 Å². The number of nitrogens with one attached hydrogen (secondary N) is 2. The van der Waals surface area contributed by atoms with Crippen molar-refractivity contribution in [2.24, 2.45) is 11.5 Å². The fraction of sp³-hybridized carbons (Fsp3) is 0.294. The van der Waals surface area contributed by atoms with E-state index in [0.717, 1.165) is 17.5 Å². The Hall–Kier alpha value is -2.82. The molecule has 2 aromatic heterocycles. The summed E-state index contributed by atoms with van der Waals surface area (Å²) in [6.45, 7) is 1.08. The number of carbonyl (C=O) groups excluding carboxylic acids is 1. The highest BCUT2D eigenvalue weighted by Gasteiger charge is 2.24. The zero-order valence-corrected chi connectivity index (χ0v) is 15.2. The first-order chi connectivity index (χ1) is 13.1. The number of primary amides is 1. The van der Waals surface area contributed by atoms with Crippen LogP contribution in [0.4, 0.5) is 17.5 Å². The molecule has 3 heterocycles. The quantitative estimate of drug-likeness (QED) is 0.517. The Morgan fingerprint density at radius 3 is 3.00 bits per heavy atom. The molecule has 0 saturated carbocycles. The van der Waals surface area contributed by atoms with Crippen molar-refractivity contribution in [3.8, 4) is 0 Å². The van der Waals surface area contributed by atoms with Crippen LogP contribution in [0.5, 0.6) is 0 Å². The van der Waals surface area contributed by atoms with Crippen molar-refractivity contribution in [1.29, 1.82) is 0 Å². The summed E-state index contributed by atoms with van der Waals surface area (Å²) in [5, 5.41) is 17.3. The van der Waals surface area contributed by atoms with Crippen molar-refractivity contribution in [2.45, 2.75) is 18.5 Å². The highest BCUT2D eigenvalue weighted by Crippen LogP contribution is 2.26. The summed E-state index contributed by atoms with van der Waals surface area (Å²) in [5.74, 6) is -0.180. The van der Waals surface area contributed by atoms with Gasteiger partial charge in [0.1, 0.15) is 0 Å². The lowest BCUT2D eigenvalue weighted by molar-refractivity contribution is 0.0751. The number of nitrogens with zero attached hydrogens (tertiary/aromatic N) is 3. The molecule has 0 radical (unpaired) electrons. The Morgan fingerprint density at radius 1 is 1.30 bits per heavy atom. The molecular weight excluding hydrogens is 366 g/mol. The second-order valence-corrected chi connectivity index (χ2v) is 7.22. The molecule has 0 unspecified atom stereocenters. The lowest BCUT2D eigenvalue weighted by Crippen LogP contribution is -2.48. The van der Waals surface area contributed by atoms with Gasteiger partial charge in [-0.3, -0.25) is 4.79 Å². The molecule has 27 heavy (non-hydrogen) atoms. The Bertz CT molecular complexity index is 977. The molecule has 140 valence electrons. The number of carbonyl (C=O) groups is 1. The predicted molar refractivity (Wildman–Crippen MR) is 104 cm³/mol. The molecule has 0 aliphatic carbocycles. The first kappa shape index (κ1) is 17.6. The largest absolute Gasteiger partial charge is 0.380 e. The molecule has 0 bridgehead atoms. The van der Waals surface area contributed by atoms with Gasteiger partial charge in [-0.15, -0.1) is 21.5 Å². The van der Waals surface area contributed by atoms with Crippen LogP contribution < -0.4 is 22.1 Å². The zero-order valence-electron chi connectivity index (χ0n) is 14.4. The van der Waals surface area contributed by atoms with Crippen molar-refractivity contribution in [1.82, 2.24) is 15.2 Å². The normalized spacial score (nSPS) is 19.7. The number of amides is 1. The van der Waals surface area contributed by atoms with Gasteiger partial charge in [0.2, 0.25) is 5.95 Å². The van der Waals surface area contributed by atoms with Crippen molar-refractivity contribution in [2.75, 3.05) is 23.8 Å². The van der Waals surface area contributed by atoms with Gasteiger partial charge in [-0.05, 0) is 41.5 Å². The van der Waals surface area contributed by atoms with Crippen LogP contribution in [-0.4, -0.2) is 46.4 Å². The molecule has 0 spiro atoms. The van der Waals surface area contributed by atoms with Gasteiger partial charge in [0.05, 0.1) is 6.61 Å². The van der Waals surface area contributed by atoms with Crippen LogP contribution in [0.1, 0.15) is 16.9 Å². The number of aromatic nitrogens is 3. The van der Waals surface area contributed by atoms with Gasteiger partial charge in [0, 0.05) is 29.1 Å². The molecule has 2 atom stereocenters. The van der Waals surface area contributed by atoms with Crippen LogP contribution in [0.2, 0.25) is 0 Å². The van der Waals surface area contributed by atoms with E-state index in [0.29, 0.717) is 13.2 Å². The average molecular weight is 385 g/mol. The number of hydrogen-bond acceptors (Lipinski definition) is 9. The molecule has 1 fully saturated rings. The standard InChI is InChI=1S/C17H19N7O2S/c18-11-8-26-5-3-12(11)21-17-22-16(14(15(19)25)23-24-17)20-10-1-2-13-9(7-10)4-6-27-13/h1-2,4,6-7,11-12H,3,5,8,18H2,(H2,19,25)(H2,20,21,22,24)/t11-,12+/m0/s1. The van der Waals surface area contributed by atoms with Gasteiger partial charge in [-0.2, -0.15) is 4.98 Å². The molecule has 1 aromatic carbocycles. The maximum absolute atomic E-state index is 11.7. The first-order valence-corrected chi connectivity index (χ1v) is 9.37. The van der Waals surface area contributed by atoms with Crippen LogP contribution in [0, 0.1) is 0 Å². The number of anilines is 3. The first-order valence-electron chi connectivity index (χ1n) is 8.49. The summed E-state index contributed by atoms with van der Waals surface area (Å²) < 4.78 is 6.51. The number of rotatable bonds is 5. The van der Waals surface area contributed by atoms with Crippen molar-refractivity contribution >= 4 is 44.8 Å². The van der Waals surface area contributed by atoms with Gasteiger partial charge < -0.3 is 26.8 Å². The molecule has 1 amide bonds. The lowest BCUT2D eigenvalue weighted by Gasteiger charge is -2.29. The van der Waals surface area contributed by atoms with E-state index in [1.807, 2.05) is 29.6 Å². The highest BCUT2D eigenvalue weighted by molar-refractivity contribution is 7.17. The van der Waals surface area contributed by atoms with Crippen LogP contribution in [-0.2, 0) is 4.74 Å². The summed E-state index contributed by atoms with van der Waals surface area (Å²) in [6.07, 6.45) is 0.736. The second kappa shape index (κ2) is 7.43. The maximum Gasteiger partial charge on any atom is 0.273 e. The van der Waals surface area contributed by atoms with Crippen molar-refractivity contribution in [3.63, 3.8) is 0 Å². The van der Waals surface area contributed by atoms with E-state index in [1.54, 1.807) is 11.3 Å². The van der Waals surface area contributed by atoms with E-state index < -0.39 is 5.91 Å². The van der Waals surface area contributed by atoms with E-state index >= 15 is 0 Å². The Morgan fingerprint density at radius 2 is 2.19 bits per heavy atom. The fourth-order valence-electron chi connectivity index (χ4n) is 2.93. The van der Waals surface area contributed by atoms with E-state index in [1.165, 1.54) is 4.70 Å². The average Bonchev–Trinajstić information content (AvgIpc) is 3.11. The van der Waals surface area contributed by atoms with Crippen molar-refractivity contribution < 1.29 is 9.53 Å². The fourth-order valence-corrected chi connectivity index (χ4v) is 3.70. The maximum atomic E-state index is 11.7. The number of benzene rings is 1. The SMILES string of the molecule is NC(=O)c1nnc(N[C@@H]2CCOC[C@@H]2N)nc1Nc1ccc2sccc2c1. The Balaban J connectivity index is 1.61.